The summed E-state index contributed by atoms with van der Waals surface area (Å²) in [5, 5.41) is 17.9. The lowest BCUT2D eigenvalue weighted by Crippen LogP contribution is -2.53. The molecule has 1 unspecified atom stereocenters. The average Bonchev–Trinajstić information content (AvgIpc) is 3.49. The number of ether oxygens (including phenoxy) is 3. The minimum absolute atomic E-state index is 0.0426. The Kier molecular flexibility index (Phi) is 11.8. The highest BCUT2D eigenvalue weighted by molar-refractivity contribution is 6.77. The SMILES string of the molecule is CC(C)[Si](OCO[C@@H]1[C@H](OC(C)(C)C)[C@@H](C(O)C(C)(C)C)O[C@H]1N1C(=[Si])Nc2c(NC(=O)c3ccccc3)ncnc21)(C(C)C)C(C)C. The van der Waals surface area contributed by atoms with Crippen LogP contribution in [0.2, 0.25) is 16.6 Å². The molecule has 1 aromatic heterocycles. The fraction of sp³-hybridized carbons (Fsp3) is 0.657. The van der Waals surface area contributed by atoms with Crippen LogP contribution in [0.15, 0.2) is 36.7 Å². The van der Waals surface area contributed by atoms with Crippen molar-refractivity contribution in [1.82, 2.24) is 9.97 Å². The van der Waals surface area contributed by atoms with Gasteiger partial charge in [-0.3, -0.25) is 9.69 Å². The van der Waals surface area contributed by atoms with Crippen LogP contribution in [-0.2, 0) is 18.6 Å². The van der Waals surface area contributed by atoms with Crippen molar-refractivity contribution in [2.75, 3.05) is 22.3 Å². The number of hydrogen-bond donors (Lipinski definition) is 3. The van der Waals surface area contributed by atoms with Crippen LogP contribution in [0.4, 0.5) is 17.3 Å². The molecule has 4 rings (SSSR count). The standard InChI is InChI=1S/C35H55N5O6Si2/c1-20(2)48(21(3)4,22(5)6)44-19-43-27-25(46-35(10,11)12)26(28(41)34(7,8)9)45-32(27)40-30-24(38-33(40)47)29(36-18-37-30)39-31(42)23-16-14-13-15-17-23/h13-18,20-22,25-28,32,38,41H,19H2,1-12H3,(H,36,37,39,42)/t25-,26+,27-,28?,32-/m1/s1. The molecule has 48 heavy (non-hydrogen) atoms. The van der Waals surface area contributed by atoms with E-state index in [0.29, 0.717) is 44.9 Å². The van der Waals surface area contributed by atoms with Crippen LogP contribution in [0.1, 0.15) is 93.4 Å². The number of carbonyl (C=O) groups is 1. The molecular weight excluding hydrogens is 643 g/mol. The lowest BCUT2D eigenvalue weighted by molar-refractivity contribution is -0.164. The molecule has 2 aliphatic rings. The van der Waals surface area contributed by atoms with Crippen LogP contribution < -0.4 is 15.5 Å². The maximum absolute atomic E-state index is 13.1. The first-order chi connectivity index (χ1) is 22.3. The maximum Gasteiger partial charge on any atom is 0.256 e. The van der Waals surface area contributed by atoms with Crippen molar-refractivity contribution < 1.29 is 28.5 Å². The second-order valence-electron chi connectivity index (χ2n) is 15.8. The molecule has 11 nitrogen and oxygen atoms in total. The molecule has 1 aromatic carbocycles. The van der Waals surface area contributed by atoms with Gasteiger partial charge < -0.3 is 34.4 Å². The number of aromatic nitrogens is 2. The first-order valence-corrected chi connectivity index (χ1v) is 19.6. The molecule has 1 saturated heterocycles. The van der Waals surface area contributed by atoms with E-state index >= 15 is 0 Å². The highest BCUT2D eigenvalue weighted by Gasteiger charge is 2.56. The second-order valence-corrected chi connectivity index (χ2v) is 21.7. The molecule has 0 saturated carbocycles. The van der Waals surface area contributed by atoms with Gasteiger partial charge in [0.05, 0.1) is 27.0 Å². The number of fused-ring (bicyclic) bond motifs is 1. The molecule has 264 valence electrons. The number of aliphatic hydroxyl groups excluding tert-OH is 1. The largest absolute Gasteiger partial charge is 0.394 e. The summed E-state index contributed by atoms with van der Waals surface area (Å²) in [5.41, 5.74) is 1.51. The van der Waals surface area contributed by atoms with Gasteiger partial charge in [-0.05, 0) is 54.9 Å². The summed E-state index contributed by atoms with van der Waals surface area (Å²) < 4.78 is 27.1. The minimum atomic E-state index is -2.27. The fourth-order valence-electron chi connectivity index (χ4n) is 7.12. The van der Waals surface area contributed by atoms with E-state index in [2.05, 4.69) is 72.0 Å². The first kappa shape index (κ1) is 38.3. The lowest BCUT2D eigenvalue weighted by atomic mass is 9.83. The molecule has 3 heterocycles. The van der Waals surface area contributed by atoms with Crippen LogP contribution >= 0.6 is 0 Å². The van der Waals surface area contributed by atoms with Gasteiger partial charge in [-0.15, -0.1) is 0 Å². The number of benzene rings is 1. The molecule has 5 atom stereocenters. The van der Waals surface area contributed by atoms with Crippen LogP contribution in [0.3, 0.4) is 0 Å². The summed E-state index contributed by atoms with van der Waals surface area (Å²) in [6.07, 6.45) is -2.42. The summed E-state index contributed by atoms with van der Waals surface area (Å²) in [5.74, 6) is 0.470. The van der Waals surface area contributed by atoms with Gasteiger partial charge in [-0.25, -0.2) is 9.97 Å². The van der Waals surface area contributed by atoms with Crippen molar-refractivity contribution >= 4 is 46.8 Å². The number of rotatable bonds is 12. The van der Waals surface area contributed by atoms with Crippen molar-refractivity contribution in [3.8, 4) is 0 Å². The quantitative estimate of drug-likeness (QED) is 0.178. The van der Waals surface area contributed by atoms with E-state index in [4.69, 9.17) is 18.6 Å². The van der Waals surface area contributed by atoms with E-state index in [1.165, 1.54) is 6.33 Å². The van der Waals surface area contributed by atoms with Gasteiger partial charge in [0.15, 0.2) is 17.9 Å². The molecule has 2 aromatic rings. The molecule has 1 amide bonds. The third kappa shape index (κ3) is 7.93. The van der Waals surface area contributed by atoms with E-state index in [0.717, 1.165) is 0 Å². The van der Waals surface area contributed by atoms with Crippen molar-refractivity contribution in [3.05, 3.63) is 42.2 Å². The Morgan fingerprint density at radius 3 is 2.17 bits per heavy atom. The van der Waals surface area contributed by atoms with Crippen LogP contribution in [0.25, 0.3) is 0 Å². The fourth-order valence-corrected chi connectivity index (χ4v) is 12.8. The van der Waals surface area contributed by atoms with E-state index in [1.807, 2.05) is 52.5 Å². The number of aliphatic hydroxyl groups is 1. The minimum Gasteiger partial charge on any atom is -0.394 e. The van der Waals surface area contributed by atoms with Gasteiger partial charge in [-0.2, -0.15) is 0 Å². The van der Waals surface area contributed by atoms with Crippen LogP contribution in [-0.4, -0.2) is 87.6 Å². The number of anilines is 3. The monoisotopic (exact) mass is 697 g/mol. The molecule has 0 bridgehead atoms. The van der Waals surface area contributed by atoms with Crippen molar-refractivity contribution in [2.45, 2.75) is 136 Å². The van der Waals surface area contributed by atoms with Gasteiger partial charge in [0.1, 0.15) is 37.1 Å². The first-order valence-electron chi connectivity index (χ1n) is 16.9. The molecule has 1 fully saturated rings. The van der Waals surface area contributed by atoms with E-state index in [1.54, 1.807) is 24.3 Å². The summed E-state index contributed by atoms with van der Waals surface area (Å²) in [7, 11) is 1.49. The third-order valence-electron chi connectivity index (χ3n) is 9.25. The zero-order chi connectivity index (χ0) is 35.8. The normalized spacial score (nSPS) is 22.4. The Morgan fingerprint density at radius 2 is 1.62 bits per heavy atom. The molecule has 2 aliphatic heterocycles. The van der Waals surface area contributed by atoms with Gasteiger partial charge in [0, 0.05) is 5.56 Å². The topological polar surface area (TPSA) is 127 Å². The Labute approximate surface area is 290 Å². The Hall–Kier alpha value is -2.53. The van der Waals surface area contributed by atoms with Crippen LogP contribution in [0, 0.1) is 5.41 Å². The smallest absolute Gasteiger partial charge is 0.256 e. The van der Waals surface area contributed by atoms with Gasteiger partial charge in [0.25, 0.3) is 5.91 Å². The van der Waals surface area contributed by atoms with Crippen molar-refractivity contribution in [2.24, 2.45) is 5.41 Å². The van der Waals surface area contributed by atoms with E-state index in [-0.39, 0.29) is 12.7 Å². The third-order valence-corrected chi connectivity index (χ3v) is 15.6. The Morgan fingerprint density at radius 1 is 1.02 bits per heavy atom. The Bertz CT molecular complexity index is 1410. The molecular formula is C35H55N5O6Si2. The highest BCUT2D eigenvalue weighted by Crippen LogP contribution is 2.45. The maximum atomic E-state index is 13.1. The summed E-state index contributed by atoms with van der Waals surface area (Å²) >= 11 is 0. The number of amides is 1. The number of nitrogens with zero attached hydrogens (tertiary/aromatic N) is 3. The highest BCUT2D eigenvalue weighted by atomic mass is 28.4. The molecule has 13 heteroatoms. The van der Waals surface area contributed by atoms with E-state index < -0.39 is 50.0 Å². The van der Waals surface area contributed by atoms with Crippen LogP contribution in [0.5, 0.6) is 0 Å². The molecule has 0 spiro atoms. The number of nitrogens with one attached hydrogen (secondary N) is 2. The van der Waals surface area contributed by atoms with Gasteiger partial charge in [-0.1, -0.05) is 80.5 Å². The predicted octanol–water partition coefficient (Wildman–Crippen LogP) is 6.07. The molecule has 3 N–H and O–H groups in total. The zero-order valence-corrected chi connectivity index (χ0v) is 32.6. The van der Waals surface area contributed by atoms with Crippen molar-refractivity contribution in [1.29, 1.82) is 0 Å². The van der Waals surface area contributed by atoms with E-state index in [9.17, 15) is 9.90 Å². The number of carbonyl (C=O) groups excluding carboxylic acids is 1. The van der Waals surface area contributed by atoms with Gasteiger partial charge in [0.2, 0.25) is 8.32 Å². The second kappa shape index (κ2) is 14.8. The molecule has 0 aliphatic carbocycles. The summed E-state index contributed by atoms with van der Waals surface area (Å²) in [6.45, 7) is 25.3. The number of hydrogen-bond acceptors (Lipinski definition) is 10. The lowest BCUT2D eigenvalue weighted by Gasteiger charge is -2.42. The predicted molar refractivity (Wildman–Crippen MR) is 194 cm³/mol. The average molecular weight is 698 g/mol. The molecule has 2 radical (unpaired) electrons. The van der Waals surface area contributed by atoms with Crippen molar-refractivity contribution in [3.63, 3.8) is 0 Å². The summed E-state index contributed by atoms with van der Waals surface area (Å²) in [4.78, 5) is 23.9. The zero-order valence-electron chi connectivity index (χ0n) is 30.6. The summed E-state index contributed by atoms with van der Waals surface area (Å²) in [6, 6.07) is 8.94. The Balaban J connectivity index is 1.74. The van der Waals surface area contributed by atoms with Gasteiger partial charge >= 0.3 is 0 Å².